The minimum Gasteiger partial charge on any atom is -0.366 e. The van der Waals surface area contributed by atoms with Crippen LogP contribution in [0.15, 0.2) is 41.2 Å². The van der Waals surface area contributed by atoms with E-state index >= 15 is 0 Å². The lowest BCUT2D eigenvalue weighted by atomic mass is 10.1. The first-order chi connectivity index (χ1) is 12.9. The Labute approximate surface area is 158 Å². The summed E-state index contributed by atoms with van der Waals surface area (Å²) in [5.74, 6) is -0.729. The Morgan fingerprint density at radius 3 is 2.70 bits per heavy atom. The summed E-state index contributed by atoms with van der Waals surface area (Å²) in [5.41, 5.74) is 12.0. The average Bonchev–Trinajstić information content (AvgIpc) is 3.47. The number of carbonyl (C=O) groups excluding carboxylic acids is 1. The number of fused-ring (bicyclic) bond motifs is 1. The summed E-state index contributed by atoms with van der Waals surface area (Å²) in [6.45, 7) is 0. The topological polar surface area (TPSA) is 104 Å². The summed E-state index contributed by atoms with van der Waals surface area (Å²) in [7, 11) is 0. The van der Waals surface area contributed by atoms with Crippen molar-refractivity contribution < 1.29 is 9.18 Å². The van der Waals surface area contributed by atoms with E-state index in [1.807, 2.05) is 0 Å². The second-order valence-corrected chi connectivity index (χ2v) is 7.08. The predicted octanol–water partition coefficient (Wildman–Crippen LogP) is 2.69. The molecule has 1 fully saturated rings. The Morgan fingerprint density at radius 1 is 1.30 bits per heavy atom. The van der Waals surface area contributed by atoms with Crippen molar-refractivity contribution in [2.75, 3.05) is 0 Å². The van der Waals surface area contributed by atoms with Crippen LogP contribution in [0.1, 0.15) is 35.1 Å². The van der Waals surface area contributed by atoms with E-state index in [0.717, 1.165) is 25.0 Å². The molecule has 1 amide bonds. The lowest BCUT2D eigenvalue weighted by Crippen LogP contribution is -2.29. The minimum atomic E-state index is -0.636. The van der Waals surface area contributed by atoms with Crippen LogP contribution < -0.4 is 17.0 Å². The van der Waals surface area contributed by atoms with Crippen LogP contribution in [0.4, 0.5) is 4.39 Å². The number of rotatable bonds is 4. The first-order valence-electron chi connectivity index (χ1n) is 8.44. The zero-order chi connectivity index (χ0) is 19.3. The van der Waals surface area contributed by atoms with Gasteiger partial charge < -0.3 is 11.5 Å². The molecule has 138 valence electrons. The molecule has 8 heteroatoms. The average molecular weight is 387 g/mol. The zero-order valence-corrected chi connectivity index (χ0v) is 14.9. The molecule has 1 aliphatic rings. The molecular weight excluding hydrogens is 371 g/mol. The van der Waals surface area contributed by atoms with E-state index in [0.29, 0.717) is 11.5 Å². The fraction of sp³-hybridized carbons (Fsp3) is 0.211. The van der Waals surface area contributed by atoms with Gasteiger partial charge in [0.1, 0.15) is 11.6 Å². The van der Waals surface area contributed by atoms with Crippen molar-refractivity contribution >= 4 is 28.4 Å². The van der Waals surface area contributed by atoms with Gasteiger partial charge in [-0.25, -0.2) is 9.37 Å². The molecule has 0 saturated heterocycles. The molecule has 4 rings (SSSR count). The van der Waals surface area contributed by atoms with Crippen molar-refractivity contribution in [2.24, 2.45) is 17.4 Å². The molecule has 1 heterocycles. The molecule has 1 aromatic heterocycles. The van der Waals surface area contributed by atoms with Crippen LogP contribution in [-0.4, -0.2) is 15.5 Å². The molecular formula is C19H16ClFN4O2. The number of primary amides is 1. The van der Waals surface area contributed by atoms with Crippen LogP contribution in [-0.2, 0) is 0 Å². The van der Waals surface area contributed by atoms with Crippen LogP contribution in [0, 0.1) is 11.7 Å². The minimum absolute atomic E-state index is 0.0382. The molecule has 0 aliphatic heterocycles. The highest BCUT2D eigenvalue weighted by Crippen LogP contribution is 2.39. The molecule has 1 atom stereocenters. The summed E-state index contributed by atoms with van der Waals surface area (Å²) < 4.78 is 15.1. The Balaban J connectivity index is 2.06. The maximum atomic E-state index is 13.8. The monoisotopic (exact) mass is 386 g/mol. The summed E-state index contributed by atoms with van der Waals surface area (Å²) in [6.07, 6.45) is 1.88. The number of nitrogens with zero attached hydrogens (tertiary/aromatic N) is 2. The number of hydrogen-bond donors (Lipinski definition) is 2. The van der Waals surface area contributed by atoms with Gasteiger partial charge in [0.15, 0.2) is 0 Å². The number of nitrogens with two attached hydrogens (primary N) is 2. The van der Waals surface area contributed by atoms with Gasteiger partial charge >= 0.3 is 0 Å². The van der Waals surface area contributed by atoms with Gasteiger partial charge in [0, 0.05) is 5.56 Å². The van der Waals surface area contributed by atoms with Crippen LogP contribution >= 0.6 is 11.6 Å². The third-order valence-corrected chi connectivity index (χ3v) is 5.02. The van der Waals surface area contributed by atoms with E-state index < -0.39 is 23.3 Å². The molecule has 0 radical (unpaired) electrons. The summed E-state index contributed by atoms with van der Waals surface area (Å²) >= 11 is 6.12. The standard InChI is InChI=1S/C19H16ClFN4O2/c20-14-8-11(21)7-13-16(14)24-18(15(22)9-4-5-9)25(19(13)27)12-3-1-2-10(6-12)17(23)26/h1-3,6-9,15H,4-5,22H2,(H2,23,26)/t15-/m0/s1. The second kappa shape index (κ2) is 6.44. The quantitative estimate of drug-likeness (QED) is 0.719. The number of aromatic nitrogens is 2. The second-order valence-electron chi connectivity index (χ2n) is 6.67. The number of hydrogen-bond acceptors (Lipinski definition) is 4. The van der Waals surface area contributed by atoms with Gasteiger partial charge in [-0.1, -0.05) is 17.7 Å². The predicted molar refractivity (Wildman–Crippen MR) is 100 cm³/mol. The fourth-order valence-corrected chi connectivity index (χ4v) is 3.42. The molecule has 0 unspecified atom stereocenters. The maximum absolute atomic E-state index is 13.8. The number of halogens is 2. The molecule has 3 aromatic rings. The van der Waals surface area contributed by atoms with E-state index in [9.17, 15) is 14.0 Å². The largest absolute Gasteiger partial charge is 0.366 e. The highest BCUT2D eigenvalue weighted by Gasteiger charge is 2.33. The smallest absolute Gasteiger partial charge is 0.266 e. The third kappa shape index (κ3) is 3.09. The van der Waals surface area contributed by atoms with Gasteiger partial charge in [-0.05, 0) is 49.1 Å². The van der Waals surface area contributed by atoms with Crippen LogP contribution in [0.2, 0.25) is 5.02 Å². The van der Waals surface area contributed by atoms with Gasteiger partial charge in [0.05, 0.1) is 27.7 Å². The van der Waals surface area contributed by atoms with Crippen molar-refractivity contribution in [3.05, 3.63) is 69.0 Å². The van der Waals surface area contributed by atoms with E-state index in [-0.39, 0.29) is 27.4 Å². The first-order valence-corrected chi connectivity index (χ1v) is 8.82. The van der Waals surface area contributed by atoms with Crippen molar-refractivity contribution in [1.29, 1.82) is 0 Å². The Hall–Kier alpha value is -2.77. The molecule has 2 aromatic carbocycles. The highest BCUT2D eigenvalue weighted by molar-refractivity contribution is 6.35. The lowest BCUT2D eigenvalue weighted by Gasteiger charge is -2.19. The van der Waals surface area contributed by atoms with Crippen molar-refractivity contribution in [1.82, 2.24) is 9.55 Å². The van der Waals surface area contributed by atoms with E-state index in [1.54, 1.807) is 18.2 Å². The third-order valence-electron chi connectivity index (χ3n) is 4.73. The number of benzene rings is 2. The molecule has 6 nitrogen and oxygen atoms in total. The van der Waals surface area contributed by atoms with Crippen LogP contribution in [0.5, 0.6) is 0 Å². The van der Waals surface area contributed by atoms with Gasteiger partial charge in [-0.3, -0.25) is 14.2 Å². The zero-order valence-electron chi connectivity index (χ0n) is 14.2. The maximum Gasteiger partial charge on any atom is 0.266 e. The van der Waals surface area contributed by atoms with E-state index in [2.05, 4.69) is 4.98 Å². The Bertz CT molecular complexity index is 1140. The molecule has 27 heavy (non-hydrogen) atoms. The highest BCUT2D eigenvalue weighted by atomic mass is 35.5. The number of amides is 1. The fourth-order valence-electron chi connectivity index (χ4n) is 3.17. The van der Waals surface area contributed by atoms with Crippen molar-refractivity contribution in [2.45, 2.75) is 18.9 Å². The Kier molecular flexibility index (Phi) is 4.20. The molecule has 1 aliphatic carbocycles. The summed E-state index contributed by atoms with van der Waals surface area (Å²) in [4.78, 5) is 29.3. The lowest BCUT2D eigenvalue weighted by molar-refractivity contribution is 0.1000. The normalized spacial score (nSPS) is 15.1. The van der Waals surface area contributed by atoms with Crippen LogP contribution in [0.25, 0.3) is 16.6 Å². The SMILES string of the molecule is NC(=O)c1cccc(-n2c([C@@H](N)C3CC3)nc3c(Cl)cc(F)cc3c2=O)c1. The molecule has 4 N–H and O–H groups in total. The molecule has 1 saturated carbocycles. The summed E-state index contributed by atoms with van der Waals surface area (Å²) in [5, 5.41) is 0.0839. The first kappa shape index (κ1) is 17.6. The van der Waals surface area contributed by atoms with Crippen molar-refractivity contribution in [3.8, 4) is 5.69 Å². The van der Waals surface area contributed by atoms with Crippen LogP contribution in [0.3, 0.4) is 0 Å². The van der Waals surface area contributed by atoms with E-state index in [1.165, 1.54) is 10.6 Å². The van der Waals surface area contributed by atoms with E-state index in [4.69, 9.17) is 23.1 Å². The number of carbonyl (C=O) groups is 1. The van der Waals surface area contributed by atoms with Gasteiger partial charge in [-0.15, -0.1) is 0 Å². The summed E-state index contributed by atoms with van der Waals surface area (Å²) in [6, 6.07) is 8.00. The van der Waals surface area contributed by atoms with Gasteiger partial charge in [-0.2, -0.15) is 0 Å². The Morgan fingerprint density at radius 2 is 2.04 bits per heavy atom. The molecule has 0 bridgehead atoms. The molecule has 0 spiro atoms. The van der Waals surface area contributed by atoms with Gasteiger partial charge in [0.2, 0.25) is 5.91 Å². The van der Waals surface area contributed by atoms with Gasteiger partial charge in [0.25, 0.3) is 5.56 Å². The van der Waals surface area contributed by atoms with Crippen molar-refractivity contribution in [3.63, 3.8) is 0 Å².